The molecule has 2 N–H and O–H groups in total. The quantitative estimate of drug-likeness (QED) is 0.308. The highest BCUT2D eigenvalue weighted by Gasteiger charge is 2.21. The van der Waals surface area contributed by atoms with Crippen LogP contribution in [-0.2, 0) is 4.79 Å². The van der Waals surface area contributed by atoms with Crippen LogP contribution in [0, 0.1) is 0 Å². The number of aromatic nitrogens is 2. The molecule has 1 aromatic heterocycles. The Morgan fingerprint density at radius 1 is 0.974 bits per heavy atom. The van der Waals surface area contributed by atoms with E-state index in [0.29, 0.717) is 34.7 Å². The zero-order chi connectivity index (χ0) is 27.2. The number of fused-ring (bicyclic) bond motifs is 1. The largest absolute Gasteiger partial charge is 0.454 e. The highest BCUT2D eigenvalue weighted by atomic mass is 32.1. The molecule has 1 aliphatic rings. The van der Waals surface area contributed by atoms with Crippen molar-refractivity contribution in [2.75, 3.05) is 30.5 Å². The Hall–Kier alpha value is -3.66. The smallest absolute Gasteiger partial charge is 0.321 e. The molecule has 0 saturated carbocycles. The minimum Gasteiger partial charge on any atom is -0.454 e. The van der Waals surface area contributed by atoms with Crippen LogP contribution in [0.25, 0.3) is 10.6 Å². The van der Waals surface area contributed by atoms with Crippen LogP contribution < -0.4 is 20.1 Å². The average molecular weight is 538 g/mol. The van der Waals surface area contributed by atoms with Crippen molar-refractivity contribution in [1.29, 1.82) is 0 Å². The Balaban J connectivity index is 1.38. The summed E-state index contributed by atoms with van der Waals surface area (Å²) in [6.07, 6.45) is 0.933. The Morgan fingerprint density at radius 2 is 1.68 bits per heavy atom. The standard InChI is InChI=1S/C28H35N5O4S/c1-6-13-33(28(35)30-25-20(17(2)3)8-7-9-21(25)18(4)5)14-12-24(34)29-27-32-31-26(38-27)19-10-11-22-23(15-19)37-16-36-22/h7-11,15,17-18H,6,12-14,16H2,1-5H3,(H,30,35)(H,29,32,34). The third-order valence-electron chi connectivity index (χ3n) is 6.29. The summed E-state index contributed by atoms with van der Waals surface area (Å²) in [5.74, 6) is 1.67. The molecule has 0 saturated heterocycles. The molecule has 202 valence electrons. The normalized spacial score (nSPS) is 12.2. The second kappa shape index (κ2) is 12.3. The summed E-state index contributed by atoms with van der Waals surface area (Å²) in [5, 5.41) is 15.3. The minimum absolute atomic E-state index is 0.148. The average Bonchev–Trinajstić information content (AvgIpc) is 3.55. The van der Waals surface area contributed by atoms with Crippen molar-refractivity contribution in [3.63, 3.8) is 0 Å². The number of benzene rings is 2. The Kier molecular flexibility index (Phi) is 8.83. The van der Waals surface area contributed by atoms with Crippen LogP contribution in [0.15, 0.2) is 36.4 Å². The van der Waals surface area contributed by atoms with Gasteiger partial charge in [-0.2, -0.15) is 0 Å². The van der Waals surface area contributed by atoms with Gasteiger partial charge < -0.3 is 25.0 Å². The Bertz CT molecular complexity index is 1260. The molecule has 3 aromatic rings. The highest BCUT2D eigenvalue weighted by Crippen LogP contribution is 2.37. The molecule has 2 aromatic carbocycles. The number of hydrogen-bond acceptors (Lipinski definition) is 7. The van der Waals surface area contributed by atoms with Gasteiger partial charge in [0.15, 0.2) is 11.5 Å². The van der Waals surface area contributed by atoms with Gasteiger partial charge in [0.2, 0.25) is 17.8 Å². The molecule has 1 aliphatic heterocycles. The fourth-order valence-corrected chi connectivity index (χ4v) is 5.06. The molecule has 38 heavy (non-hydrogen) atoms. The number of amides is 3. The predicted molar refractivity (Wildman–Crippen MR) is 150 cm³/mol. The number of urea groups is 1. The van der Waals surface area contributed by atoms with Crippen molar-refractivity contribution in [2.24, 2.45) is 0 Å². The molecular formula is C28H35N5O4S. The summed E-state index contributed by atoms with van der Waals surface area (Å²) in [5.41, 5.74) is 3.92. The number of nitrogens with zero attached hydrogens (tertiary/aromatic N) is 3. The van der Waals surface area contributed by atoms with Crippen LogP contribution in [0.2, 0.25) is 0 Å². The molecule has 0 radical (unpaired) electrons. The second-order valence-electron chi connectivity index (χ2n) is 9.82. The number of rotatable bonds is 10. The first-order chi connectivity index (χ1) is 18.3. The van der Waals surface area contributed by atoms with Crippen molar-refractivity contribution < 1.29 is 19.1 Å². The van der Waals surface area contributed by atoms with Gasteiger partial charge >= 0.3 is 6.03 Å². The van der Waals surface area contributed by atoms with E-state index in [9.17, 15) is 9.59 Å². The van der Waals surface area contributed by atoms with Gasteiger partial charge in [-0.05, 0) is 47.6 Å². The van der Waals surface area contributed by atoms with Gasteiger partial charge in [0.05, 0.1) is 0 Å². The number of anilines is 2. The molecule has 0 aliphatic carbocycles. The van der Waals surface area contributed by atoms with Gasteiger partial charge in [-0.15, -0.1) is 10.2 Å². The van der Waals surface area contributed by atoms with Gasteiger partial charge in [0.25, 0.3) is 0 Å². The molecule has 0 bridgehead atoms. The van der Waals surface area contributed by atoms with E-state index in [1.165, 1.54) is 11.3 Å². The van der Waals surface area contributed by atoms with Crippen molar-refractivity contribution in [3.05, 3.63) is 47.5 Å². The van der Waals surface area contributed by atoms with Crippen LogP contribution in [0.4, 0.5) is 15.6 Å². The molecule has 3 amide bonds. The van der Waals surface area contributed by atoms with Crippen LogP contribution in [0.5, 0.6) is 11.5 Å². The van der Waals surface area contributed by atoms with Crippen molar-refractivity contribution in [2.45, 2.75) is 59.3 Å². The van der Waals surface area contributed by atoms with Gasteiger partial charge in [-0.25, -0.2) is 4.79 Å². The second-order valence-corrected chi connectivity index (χ2v) is 10.8. The number of hydrogen-bond donors (Lipinski definition) is 2. The number of carbonyl (C=O) groups excluding carboxylic acids is 2. The maximum Gasteiger partial charge on any atom is 0.321 e. The molecular weight excluding hydrogens is 502 g/mol. The van der Waals surface area contributed by atoms with Gasteiger partial charge in [0, 0.05) is 30.8 Å². The van der Waals surface area contributed by atoms with E-state index in [-0.39, 0.29) is 37.0 Å². The van der Waals surface area contributed by atoms with E-state index in [4.69, 9.17) is 9.47 Å². The van der Waals surface area contributed by atoms with E-state index >= 15 is 0 Å². The van der Waals surface area contributed by atoms with Crippen molar-refractivity contribution in [3.8, 4) is 22.1 Å². The van der Waals surface area contributed by atoms with Crippen LogP contribution >= 0.6 is 11.3 Å². The van der Waals surface area contributed by atoms with E-state index in [2.05, 4.69) is 60.7 Å². The van der Waals surface area contributed by atoms with Crippen molar-refractivity contribution >= 4 is 34.1 Å². The van der Waals surface area contributed by atoms with Gasteiger partial charge in [-0.3, -0.25) is 4.79 Å². The molecule has 4 rings (SSSR count). The summed E-state index contributed by atoms with van der Waals surface area (Å²) in [7, 11) is 0. The maximum atomic E-state index is 13.3. The monoisotopic (exact) mass is 537 g/mol. The number of carbonyl (C=O) groups is 2. The van der Waals surface area contributed by atoms with Gasteiger partial charge in [0.1, 0.15) is 5.01 Å². The SMILES string of the molecule is CCCN(CCC(=O)Nc1nnc(-c2ccc3c(c2)OCO3)s1)C(=O)Nc1c(C(C)C)cccc1C(C)C. The summed E-state index contributed by atoms with van der Waals surface area (Å²) in [4.78, 5) is 27.7. The van der Waals surface area contributed by atoms with E-state index in [1.54, 1.807) is 4.90 Å². The third-order valence-corrected chi connectivity index (χ3v) is 7.17. The predicted octanol–water partition coefficient (Wildman–Crippen LogP) is 6.45. The molecule has 9 nitrogen and oxygen atoms in total. The number of nitrogens with one attached hydrogen (secondary N) is 2. The fourth-order valence-electron chi connectivity index (χ4n) is 4.30. The first-order valence-corrected chi connectivity index (χ1v) is 13.8. The molecule has 0 unspecified atom stereocenters. The summed E-state index contributed by atoms with van der Waals surface area (Å²) in [6, 6.07) is 11.5. The molecule has 0 fully saturated rings. The zero-order valence-corrected chi connectivity index (χ0v) is 23.4. The lowest BCUT2D eigenvalue weighted by molar-refractivity contribution is -0.116. The topological polar surface area (TPSA) is 106 Å². The van der Waals surface area contributed by atoms with E-state index in [1.807, 2.05) is 31.2 Å². The van der Waals surface area contributed by atoms with Crippen LogP contribution in [-0.4, -0.2) is 46.9 Å². The molecule has 0 spiro atoms. The molecule has 0 atom stereocenters. The third kappa shape index (κ3) is 6.42. The van der Waals surface area contributed by atoms with E-state index in [0.717, 1.165) is 28.8 Å². The number of ether oxygens (including phenoxy) is 2. The first-order valence-electron chi connectivity index (χ1n) is 13.0. The Labute approximate surface area is 227 Å². The molecule has 10 heteroatoms. The summed E-state index contributed by atoms with van der Waals surface area (Å²) in [6.45, 7) is 11.5. The zero-order valence-electron chi connectivity index (χ0n) is 22.5. The fraction of sp³-hybridized carbons (Fsp3) is 0.429. The first kappa shape index (κ1) is 27.4. The summed E-state index contributed by atoms with van der Waals surface area (Å²) >= 11 is 1.28. The summed E-state index contributed by atoms with van der Waals surface area (Å²) < 4.78 is 10.8. The van der Waals surface area contributed by atoms with E-state index < -0.39 is 0 Å². The van der Waals surface area contributed by atoms with Crippen LogP contribution in [0.3, 0.4) is 0 Å². The lowest BCUT2D eigenvalue weighted by Gasteiger charge is -2.26. The number of para-hydroxylation sites is 1. The van der Waals surface area contributed by atoms with Crippen molar-refractivity contribution in [1.82, 2.24) is 15.1 Å². The lowest BCUT2D eigenvalue weighted by Crippen LogP contribution is -2.38. The van der Waals surface area contributed by atoms with Gasteiger partial charge in [-0.1, -0.05) is 64.2 Å². The lowest BCUT2D eigenvalue weighted by atomic mass is 9.93. The maximum absolute atomic E-state index is 13.3. The minimum atomic E-state index is -0.224. The highest BCUT2D eigenvalue weighted by molar-refractivity contribution is 7.18. The Morgan fingerprint density at radius 3 is 2.37 bits per heavy atom. The van der Waals surface area contributed by atoms with Crippen LogP contribution in [0.1, 0.15) is 70.4 Å². The molecule has 2 heterocycles.